The summed E-state index contributed by atoms with van der Waals surface area (Å²) in [6.45, 7) is 0. The van der Waals surface area contributed by atoms with Crippen LogP contribution < -0.4 is 10.6 Å². The van der Waals surface area contributed by atoms with Gasteiger partial charge in [0.25, 0.3) is 5.91 Å². The third-order valence-electron chi connectivity index (χ3n) is 2.43. The van der Waals surface area contributed by atoms with Gasteiger partial charge in [0.15, 0.2) is 5.69 Å². The minimum Gasteiger partial charge on any atom is -0.354 e. The highest BCUT2D eigenvalue weighted by molar-refractivity contribution is 7.14. The van der Waals surface area contributed by atoms with E-state index in [1.54, 1.807) is 0 Å². The molecule has 2 heterocycles. The van der Waals surface area contributed by atoms with Crippen LogP contribution in [0.5, 0.6) is 0 Å². The van der Waals surface area contributed by atoms with Crippen LogP contribution in [-0.4, -0.2) is 22.9 Å². The zero-order chi connectivity index (χ0) is 15.6. The number of anilines is 2. The molecular formula is C11H8ClF3N4OS. The molecule has 2 aromatic rings. The zero-order valence-electron chi connectivity index (χ0n) is 10.5. The molecule has 0 saturated heterocycles. The van der Waals surface area contributed by atoms with Crippen LogP contribution in [0.4, 0.5) is 23.9 Å². The van der Waals surface area contributed by atoms with E-state index in [-0.39, 0.29) is 21.5 Å². The van der Waals surface area contributed by atoms with Gasteiger partial charge >= 0.3 is 6.18 Å². The summed E-state index contributed by atoms with van der Waals surface area (Å²) in [4.78, 5) is 18.8. The third kappa shape index (κ3) is 3.42. The Balaban J connectivity index is 2.43. The van der Waals surface area contributed by atoms with E-state index in [0.29, 0.717) is 6.20 Å². The molecule has 10 heteroatoms. The second-order valence-corrected chi connectivity index (χ2v) is 5.03. The topological polar surface area (TPSA) is 66.9 Å². The molecule has 2 N–H and O–H groups in total. The van der Waals surface area contributed by atoms with Crippen LogP contribution >= 0.6 is 22.9 Å². The van der Waals surface area contributed by atoms with Crippen molar-refractivity contribution in [2.45, 2.75) is 6.18 Å². The molecule has 0 radical (unpaired) electrons. The van der Waals surface area contributed by atoms with E-state index >= 15 is 0 Å². The number of carbonyl (C=O) groups is 1. The van der Waals surface area contributed by atoms with Crippen molar-refractivity contribution in [1.29, 1.82) is 0 Å². The quantitative estimate of drug-likeness (QED) is 0.844. The molecule has 0 aliphatic carbocycles. The summed E-state index contributed by atoms with van der Waals surface area (Å²) < 4.78 is 38.8. The number of amides is 1. The summed E-state index contributed by atoms with van der Waals surface area (Å²) in [6, 6.07) is 1.04. The molecular weight excluding hydrogens is 329 g/mol. The fraction of sp³-hybridized carbons (Fsp3) is 0.182. The number of nitrogens with zero attached hydrogens (tertiary/aromatic N) is 2. The van der Waals surface area contributed by atoms with Crippen LogP contribution in [0.15, 0.2) is 17.8 Å². The Kier molecular flexibility index (Phi) is 4.33. The number of carbonyl (C=O) groups excluding carboxylic acids is 1. The number of nitrogens with one attached hydrogen (secondary N) is 2. The minimum absolute atomic E-state index is 0.00330. The van der Waals surface area contributed by atoms with Crippen LogP contribution in [0.25, 0.3) is 0 Å². The van der Waals surface area contributed by atoms with Gasteiger partial charge in [0.05, 0.1) is 16.8 Å². The fourth-order valence-corrected chi connectivity index (χ4v) is 2.34. The average Bonchev–Trinajstić information content (AvgIpc) is 2.84. The van der Waals surface area contributed by atoms with Gasteiger partial charge in [-0.1, -0.05) is 11.6 Å². The number of pyridine rings is 1. The van der Waals surface area contributed by atoms with Crippen molar-refractivity contribution in [2.75, 3.05) is 12.4 Å². The summed E-state index contributed by atoms with van der Waals surface area (Å²) >= 11 is 6.63. The summed E-state index contributed by atoms with van der Waals surface area (Å²) in [5.41, 5.74) is 0.0757. The lowest BCUT2D eigenvalue weighted by Crippen LogP contribution is -2.19. The summed E-state index contributed by atoms with van der Waals surface area (Å²) in [5.74, 6) is -0.507. The highest BCUT2D eigenvalue weighted by Crippen LogP contribution is 2.37. The highest BCUT2D eigenvalue weighted by atomic mass is 35.5. The fourth-order valence-electron chi connectivity index (χ4n) is 1.50. The van der Waals surface area contributed by atoms with Crippen molar-refractivity contribution < 1.29 is 18.0 Å². The summed E-state index contributed by atoms with van der Waals surface area (Å²) in [7, 11) is 1.40. The maximum Gasteiger partial charge on any atom is 0.419 e. The molecule has 0 aliphatic heterocycles. The number of halogens is 4. The monoisotopic (exact) mass is 336 g/mol. The van der Waals surface area contributed by atoms with E-state index in [4.69, 9.17) is 11.6 Å². The number of aromatic nitrogens is 2. The number of hydrogen-bond donors (Lipinski definition) is 2. The molecule has 0 saturated carbocycles. The van der Waals surface area contributed by atoms with Gasteiger partial charge in [-0.15, -0.1) is 11.3 Å². The molecule has 2 aromatic heterocycles. The third-order valence-corrected chi connectivity index (χ3v) is 3.38. The lowest BCUT2D eigenvalue weighted by atomic mass is 10.2. The van der Waals surface area contributed by atoms with Gasteiger partial charge in [-0.05, 0) is 6.07 Å². The molecule has 0 aliphatic rings. The molecule has 0 atom stereocenters. The van der Waals surface area contributed by atoms with E-state index in [1.807, 2.05) is 0 Å². The molecule has 2 rings (SSSR count). The summed E-state index contributed by atoms with van der Waals surface area (Å²) in [6.07, 6.45) is -3.97. The molecule has 0 unspecified atom stereocenters. The standard InChI is InChI=1S/C11H8ClF3N4OS/c1-16-9(20)8-10(21-4-18-8)19-6-2-7(12)17-3-5(6)11(13,14)15/h2-4H,1H3,(H,16,20)(H,17,19). The predicted molar refractivity (Wildman–Crippen MR) is 73.0 cm³/mol. The second-order valence-electron chi connectivity index (χ2n) is 3.78. The van der Waals surface area contributed by atoms with Crippen molar-refractivity contribution in [3.8, 4) is 0 Å². The van der Waals surface area contributed by atoms with Gasteiger partial charge in [0.2, 0.25) is 0 Å². The van der Waals surface area contributed by atoms with Crippen molar-refractivity contribution in [2.24, 2.45) is 0 Å². The normalized spacial score (nSPS) is 11.3. The molecule has 1 amide bonds. The van der Waals surface area contributed by atoms with Gasteiger partial charge in [-0.3, -0.25) is 4.79 Å². The van der Waals surface area contributed by atoms with Gasteiger partial charge in [0, 0.05) is 13.2 Å². The molecule has 0 fully saturated rings. The molecule has 5 nitrogen and oxygen atoms in total. The zero-order valence-corrected chi connectivity index (χ0v) is 12.0. The lowest BCUT2D eigenvalue weighted by molar-refractivity contribution is -0.137. The first-order valence-corrected chi connectivity index (χ1v) is 6.74. The number of rotatable bonds is 3. The minimum atomic E-state index is -4.60. The first-order valence-electron chi connectivity index (χ1n) is 5.48. The average molecular weight is 337 g/mol. The second kappa shape index (κ2) is 5.86. The van der Waals surface area contributed by atoms with Crippen LogP contribution in [0.1, 0.15) is 16.1 Å². The first kappa shape index (κ1) is 15.5. The Morgan fingerprint density at radius 3 is 2.71 bits per heavy atom. The molecule has 21 heavy (non-hydrogen) atoms. The number of alkyl halides is 3. The van der Waals surface area contributed by atoms with Crippen LogP contribution in [-0.2, 0) is 6.18 Å². The number of hydrogen-bond acceptors (Lipinski definition) is 5. The van der Waals surface area contributed by atoms with Crippen molar-refractivity contribution in [3.63, 3.8) is 0 Å². The first-order chi connectivity index (χ1) is 9.82. The molecule has 112 valence electrons. The van der Waals surface area contributed by atoms with E-state index in [0.717, 1.165) is 17.4 Å². The summed E-state index contributed by atoms with van der Waals surface area (Å²) in [5, 5.41) is 4.97. The maximum atomic E-state index is 12.9. The predicted octanol–water partition coefficient (Wildman–Crippen LogP) is 3.31. The lowest BCUT2D eigenvalue weighted by Gasteiger charge is -2.13. The SMILES string of the molecule is CNC(=O)c1ncsc1Nc1cc(Cl)ncc1C(F)(F)F. The van der Waals surface area contributed by atoms with Crippen molar-refractivity contribution in [1.82, 2.24) is 15.3 Å². The van der Waals surface area contributed by atoms with Crippen LogP contribution in [0.3, 0.4) is 0 Å². The smallest absolute Gasteiger partial charge is 0.354 e. The van der Waals surface area contributed by atoms with Gasteiger partial charge in [0.1, 0.15) is 10.2 Å². The molecule has 0 bridgehead atoms. The largest absolute Gasteiger partial charge is 0.419 e. The Bertz CT molecular complexity index is 674. The van der Waals surface area contributed by atoms with Crippen molar-refractivity contribution in [3.05, 3.63) is 34.2 Å². The number of thiazole rings is 1. The van der Waals surface area contributed by atoms with Gasteiger partial charge in [-0.2, -0.15) is 13.2 Å². The molecule has 0 spiro atoms. The molecule has 0 aromatic carbocycles. The van der Waals surface area contributed by atoms with E-state index < -0.39 is 17.6 Å². The Hall–Kier alpha value is -1.87. The highest BCUT2D eigenvalue weighted by Gasteiger charge is 2.34. The van der Waals surface area contributed by atoms with E-state index in [9.17, 15) is 18.0 Å². The Morgan fingerprint density at radius 1 is 1.38 bits per heavy atom. The van der Waals surface area contributed by atoms with Crippen molar-refractivity contribution >= 4 is 39.5 Å². The van der Waals surface area contributed by atoms with Gasteiger partial charge in [-0.25, -0.2) is 9.97 Å². The van der Waals surface area contributed by atoms with E-state index in [1.165, 1.54) is 12.6 Å². The van der Waals surface area contributed by atoms with Crippen LogP contribution in [0, 0.1) is 0 Å². The maximum absolute atomic E-state index is 12.9. The Morgan fingerprint density at radius 2 is 2.10 bits per heavy atom. The van der Waals surface area contributed by atoms with Gasteiger partial charge < -0.3 is 10.6 Å². The van der Waals surface area contributed by atoms with Crippen LogP contribution in [0.2, 0.25) is 5.15 Å². The Labute approximate surface area is 126 Å². The van der Waals surface area contributed by atoms with E-state index in [2.05, 4.69) is 20.6 Å².